The summed E-state index contributed by atoms with van der Waals surface area (Å²) in [6.45, 7) is 0. The Morgan fingerprint density at radius 2 is 1.33 bits per heavy atom. The van der Waals surface area contributed by atoms with Crippen LogP contribution in [0.3, 0.4) is 0 Å². The zero-order valence-electron chi connectivity index (χ0n) is 15.1. The minimum atomic E-state index is -0.492. The van der Waals surface area contributed by atoms with Gasteiger partial charge in [0.15, 0.2) is 11.5 Å². The van der Waals surface area contributed by atoms with E-state index in [0.29, 0.717) is 11.8 Å². The first kappa shape index (κ1) is 18.8. The molecule has 1 aromatic heterocycles. The molecule has 0 bridgehead atoms. The largest absolute Gasteiger partial charge is 0.446 e. The van der Waals surface area contributed by atoms with Crippen molar-refractivity contribution in [2.45, 2.75) is 38.5 Å². The SMILES string of the molecule is O=C(NN=C[C@H]1CC=CCC1)c1ccc(C(=O)NN=C[C@H]2CC=CCC2)o1. The average molecular weight is 368 g/mol. The molecule has 7 nitrogen and oxygen atoms in total. The average Bonchev–Trinajstić information content (AvgIpc) is 3.20. The second-order valence-electron chi connectivity index (χ2n) is 6.69. The number of nitrogens with one attached hydrogen (secondary N) is 2. The van der Waals surface area contributed by atoms with E-state index in [2.05, 4.69) is 45.4 Å². The van der Waals surface area contributed by atoms with Crippen molar-refractivity contribution in [3.63, 3.8) is 0 Å². The lowest BCUT2D eigenvalue weighted by atomic mass is 9.96. The molecule has 2 aliphatic carbocycles. The second kappa shape index (κ2) is 9.66. The molecule has 0 unspecified atom stereocenters. The van der Waals surface area contributed by atoms with Crippen LogP contribution in [-0.2, 0) is 0 Å². The van der Waals surface area contributed by atoms with E-state index in [-0.39, 0.29) is 11.5 Å². The number of hydrogen-bond donors (Lipinski definition) is 2. The monoisotopic (exact) mass is 368 g/mol. The topological polar surface area (TPSA) is 96.1 Å². The Morgan fingerprint density at radius 1 is 0.852 bits per heavy atom. The molecule has 2 aliphatic rings. The molecule has 0 spiro atoms. The van der Waals surface area contributed by atoms with Crippen molar-refractivity contribution in [3.8, 4) is 0 Å². The number of carbonyl (C=O) groups excluding carboxylic acids is 2. The smallest absolute Gasteiger partial charge is 0.307 e. The van der Waals surface area contributed by atoms with Gasteiger partial charge >= 0.3 is 11.8 Å². The number of nitrogens with zero attached hydrogens (tertiary/aromatic N) is 2. The van der Waals surface area contributed by atoms with Crippen LogP contribution in [0.2, 0.25) is 0 Å². The number of allylic oxidation sites excluding steroid dienone is 4. The van der Waals surface area contributed by atoms with Crippen LogP contribution in [0, 0.1) is 11.8 Å². The fraction of sp³-hybridized carbons (Fsp3) is 0.400. The van der Waals surface area contributed by atoms with Gasteiger partial charge in [0.25, 0.3) is 0 Å². The molecule has 2 amide bonds. The quantitative estimate of drug-likeness (QED) is 0.457. The molecule has 27 heavy (non-hydrogen) atoms. The predicted octanol–water partition coefficient (Wildman–Crippen LogP) is 3.42. The van der Waals surface area contributed by atoms with Crippen LogP contribution >= 0.6 is 0 Å². The van der Waals surface area contributed by atoms with E-state index in [9.17, 15) is 9.59 Å². The third-order valence-electron chi connectivity index (χ3n) is 4.58. The minimum absolute atomic E-state index is 0.0298. The number of hydrogen-bond acceptors (Lipinski definition) is 5. The van der Waals surface area contributed by atoms with Crippen LogP contribution in [0.4, 0.5) is 0 Å². The van der Waals surface area contributed by atoms with E-state index in [1.807, 2.05) is 0 Å². The summed E-state index contributed by atoms with van der Waals surface area (Å²) in [6.07, 6.45) is 18.0. The Balaban J connectivity index is 1.46. The molecule has 2 atom stereocenters. The highest BCUT2D eigenvalue weighted by Gasteiger charge is 2.15. The Morgan fingerprint density at radius 3 is 1.74 bits per heavy atom. The molecule has 0 aliphatic heterocycles. The third-order valence-corrected chi connectivity index (χ3v) is 4.58. The summed E-state index contributed by atoms with van der Waals surface area (Å²) in [5.74, 6) is -0.246. The van der Waals surface area contributed by atoms with Crippen LogP contribution in [0.15, 0.2) is 51.1 Å². The molecule has 2 N–H and O–H groups in total. The van der Waals surface area contributed by atoms with E-state index < -0.39 is 11.8 Å². The van der Waals surface area contributed by atoms with E-state index in [1.54, 1.807) is 12.4 Å². The van der Waals surface area contributed by atoms with Crippen LogP contribution in [-0.4, -0.2) is 24.2 Å². The number of rotatable bonds is 6. The van der Waals surface area contributed by atoms with Gasteiger partial charge < -0.3 is 4.42 Å². The second-order valence-corrected chi connectivity index (χ2v) is 6.69. The summed E-state index contributed by atoms with van der Waals surface area (Å²) >= 11 is 0. The lowest BCUT2D eigenvalue weighted by Gasteiger charge is -2.11. The number of hydrazone groups is 2. The van der Waals surface area contributed by atoms with Gasteiger partial charge in [-0.05, 0) is 62.5 Å². The first-order chi connectivity index (χ1) is 13.2. The van der Waals surface area contributed by atoms with Crippen LogP contribution < -0.4 is 10.9 Å². The Hall–Kier alpha value is -2.96. The number of amides is 2. The maximum absolute atomic E-state index is 12.0. The first-order valence-electron chi connectivity index (χ1n) is 9.29. The maximum atomic E-state index is 12.0. The van der Waals surface area contributed by atoms with Crippen molar-refractivity contribution in [1.29, 1.82) is 0 Å². The van der Waals surface area contributed by atoms with Gasteiger partial charge in [-0.3, -0.25) is 9.59 Å². The van der Waals surface area contributed by atoms with Gasteiger partial charge in [0.2, 0.25) is 0 Å². The molecule has 142 valence electrons. The van der Waals surface area contributed by atoms with E-state index >= 15 is 0 Å². The van der Waals surface area contributed by atoms with Crippen molar-refractivity contribution in [2.75, 3.05) is 0 Å². The highest BCUT2D eigenvalue weighted by atomic mass is 16.4. The molecule has 7 heteroatoms. The molecule has 0 radical (unpaired) electrons. The number of furan rings is 1. The van der Waals surface area contributed by atoms with Gasteiger partial charge in [0, 0.05) is 12.4 Å². The molecular formula is C20H24N4O3. The van der Waals surface area contributed by atoms with Gasteiger partial charge in [0.05, 0.1) is 0 Å². The number of carbonyl (C=O) groups is 2. The van der Waals surface area contributed by atoms with Crippen molar-refractivity contribution in [2.24, 2.45) is 22.0 Å². The molecular weight excluding hydrogens is 344 g/mol. The summed E-state index contributed by atoms with van der Waals surface area (Å²) in [7, 11) is 0. The molecule has 0 fully saturated rings. The van der Waals surface area contributed by atoms with Crippen LogP contribution in [0.1, 0.15) is 59.6 Å². The molecule has 1 aromatic rings. The van der Waals surface area contributed by atoms with E-state index in [1.165, 1.54) is 12.1 Å². The van der Waals surface area contributed by atoms with E-state index in [4.69, 9.17) is 4.42 Å². The minimum Gasteiger partial charge on any atom is -0.446 e. The Labute approximate surface area is 158 Å². The van der Waals surface area contributed by atoms with Crippen molar-refractivity contribution >= 4 is 24.2 Å². The highest BCUT2D eigenvalue weighted by molar-refractivity contribution is 5.95. The molecule has 0 aromatic carbocycles. The van der Waals surface area contributed by atoms with Crippen LogP contribution in [0.5, 0.6) is 0 Å². The zero-order chi connectivity index (χ0) is 18.9. The molecule has 0 saturated heterocycles. The molecule has 3 rings (SSSR count). The lowest BCUT2D eigenvalue weighted by Crippen LogP contribution is -2.19. The van der Waals surface area contributed by atoms with Crippen molar-refractivity contribution in [3.05, 3.63) is 48.0 Å². The molecule has 1 heterocycles. The van der Waals surface area contributed by atoms with Crippen LogP contribution in [0.25, 0.3) is 0 Å². The van der Waals surface area contributed by atoms with Gasteiger partial charge in [-0.1, -0.05) is 24.3 Å². The summed E-state index contributed by atoms with van der Waals surface area (Å²) in [5.41, 5.74) is 4.86. The van der Waals surface area contributed by atoms with Crippen molar-refractivity contribution in [1.82, 2.24) is 10.9 Å². The fourth-order valence-electron chi connectivity index (χ4n) is 3.00. The summed E-state index contributed by atoms with van der Waals surface area (Å²) in [6, 6.07) is 2.89. The van der Waals surface area contributed by atoms with Crippen molar-refractivity contribution < 1.29 is 14.0 Å². The summed E-state index contributed by atoms with van der Waals surface area (Å²) < 4.78 is 5.30. The summed E-state index contributed by atoms with van der Waals surface area (Å²) in [5, 5.41) is 7.96. The normalized spacial score (nSPS) is 22.4. The van der Waals surface area contributed by atoms with E-state index in [0.717, 1.165) is 38.5 Å². The highest BCUT2D eigenvalue weighted by Crippen LogP contribution is 2.16. The van der Waals surface area contributed by atoms with Gasteiger partial charge in [-0.25, -0.2) is 10.9 Å². The Bertz CT molecular complexity index is 713. The van der Waals surface area contributed by atoms with Gasteiger partial charge in [0.1, 0.15) is 0 Å². The van der Waals surface area contributed by atoms with Gasteiger partial charge in [-0.15, -0.1) is 0 Å². The zero-order valence-corrected chi connectivity index (χ0v) is 15.1. The first-order valence-corrected chi connectivity index (χ1v) is 9.29. The van der Waals surface area contributed by atoms with Gasteiger partial charge in [-0.2, -0.15) is 10.2 Å². The predicted molar refractivity (Wildman–Crippen MR) is 104 cm³/mol. The standard InChI is InChI=1S/C20H24N4O3/c25-19(23-21-13-15-7-3-1-4-8-15)17-11-12-18(27-17)20(26)24-22-14-16-9-5-2-6-10-16/h1-3,5,11-16H,4,6-10H2,(H,23,25)(H,24,26)/t15-,16-/m0/s1. The fourth-order valence-corrected chi connectivity index (χ4v) is 3.00. The third kappa shape index (κ3) is 5.77. The molecule has 0 saturated carbocycles. The Kier molecular flexibility index (Phi) is 6.73. The lowest BCUT2D eigenvalue weighted by molar-refractivity contribution is 0.0902. The maximum Gasteiger partial charge on any atom is 0.307 e. The summed E-state index contributed by atoms with van der Waals surface area (Å²) in [4.78, 5) is 24.1.